The zero-order valence-corrected chi connectivity index (χ0v) is 21.4. The van der Waals surface area contributed by atoms with E-state index in [4.69, 9.17) is 18.9 Å². The molecule has 0 N–H and O–H groups in total. The molecular formula is C27H28O7S. The minimum absolute atomic E-state index is 0.149. The minimum atomic E-state index is -0.423. The van der Waals surface area contributed by atoms with E-state index in [9.17, 15) is 14.4 Å². The second-order valence-electron chi connectivity index (χ2n) is 7.99. The molecule has 1 unspecified atom stereocenters. The molecule has 2 aromatic carbocycles. The molecular weight excluding hydrogens is 468 g/mol. The number of methoxy groups -OCH3 is 4. The van der Waals surface area contributed by atoms with Gasteiger partial charge < -0.3 is 18.9 Å². The van der Waals surface area contributed by atoms with Crippen LogP contribution in [0, 0.1) is 0 Å². The van der Waals surface area contributed by atoms with Crippen molar-refractivity contribution in [3.63, 3.8) is 0 Å². The molecule has 0 radical (unpaired) electrons. The normalized spacial score (nSPS) is 13.1. The number of hydrogen-bond donors (Lipinski definition) is 0. The van der Waals surface area contributed by atoms with Gasteiger partial charge in [-0.25, -0.2) is 0 Å². The molecule has 0 saturated heterocycles. The maximum atomic E-state index is 13.3. The van der Waals surface area contributed by atoms with Crippen LogP contribution in [0.3, 0.4) is 0 Å². The molecule has 0 heterocycles. The molecule has 0 aromatic heterocycles. The van der Waals surface area contributed by atoms with Gasteiger partial charge in [-0.2, -0.15) is 0 Å². The Morgan fingerprint density at radius 1 is 0.857 bits per heavy atom. The zero-order chi connectivity index (χ0) is 25.7. The van der Waals surface area contributed by atoms with Crippen LogP contribution in [0.5, 0.6) is 23.0 Å². The predicted octanol–water partition coefficient (Wildman–Crippen LogP) is 5.63. The highest BCUT2D eigenvalue weighted by atomic mass is 32.2. The Morgan fingerprint density at radius 2 is 1.49 bits per heavy atom. The second kappa shape index (κ2) is 11.3. The van der Waals surface area contributed by atoms with E-state index in [1.54, 1.807) is 24.3 Å². The van der Waals surface area contributed by atoms with Gasteiger partial charge in [-0.05, 0) is 56.7 Å². The first-order valence-corrected chi connectivity index (χ1v) is 11.8. The van der Waals surface area contributed by atoms with Gasteiger partial charge >= 0.3 is 0 Å². The monoisotopic (exact) mass is 496 g/mol. The van der Waals surface area contributed by atoms with Crippen LogP contribution in [0.25, 0.3) is 0 Å². The average Bonchev–Trinajstić information content (AvgIpc) is 2.86. The lowest BCUT2D eigenvalue weighted by Gasteiger charge is -2.24. The van der Waals surface area contributed by atoms with Crippen LogP contribution in [0.4, 0.5) is 0 Å². The Bertz CT molecular complexity index is 1220. The second-order valence-corrected chi connectivity index (χ2v) is 9.17. The fourth-order valence-corrected chi connectivity index (χ4v) is 4.84. The van der Waals surface area contributed by atoms with Crippen molar-refractivity contribution >= 4 is 28.4 Å². The standard InChI is InChI=1S/C27H28O7S/c1-15(2)7-12-23(35-27(30)16-8-11-20(31-3)21(13-16)32-4)17-14-22(33-5)24-18(28)9-10-19(29)25(24)26(17)34-6/h7-11,13-14,23H,12H2,1-6H3. The number of hydrogen-bond acceptors (Lipinski definition) is 8. The molecule has 0 fully saturated rings. The number of ketones is 2. The number of carbonyl (C=O) groups excluding carboxylic acids is 3. The first kappa shape index (κ1) is 26.1. The van der Waals surface area contributed by atoms with Crippen molar-refractivity contribution in [1.29, 1.82) is 0 Å². The van der Waals surface area contributed by atoms with E-state index in [0.29, 0.717) is 29.0 Å². The van der Waals surface area contributed by atoms with E-state index in [-0.39, 0.29) is 39.3 Å². The number of ether oxygens (including phenoxy) is 4. The van der Waals surface area contributed by atoms with E-state index in [0.717, 1.165) is 17.3 Å². The number of allylic oxidation sites excluding steroid dienone is 4. The quantitative estimate of drug-likeness (QED) is 0.413. The highest BCUT2D eigenvalue weighted by Crippen LogP contribution is 2.46. The van der Waals surface area contributed by atoms with E-state index in [1.165, 1.54) is 40.6 Å². The van der Waals surface area contributed by atoms with Crippen LogP contribution in [-0.2, 0) is 0 Å². The summed E-state index contributed by atoms with van der Waals surface area (Å²) in [4.78, 5) is 38.7. The molecule has 0 amide bonds. The Labute approximate surface area is 209 Å². The van der Waals surface area contributed by atoms with Crippen molar-refractivity contribution in [1.82, 2.24) is 0 Å². The van der Waals surface area contributed by atoms with Crippen LogP contribution in [0.1, 0.15) is 62.2 Å². The zero-order valence-electron chi connectivity index (χ0n) is 20.6. The van der Waals surface area contributed by atoms with E-state index < -0.39 is 5.25 Å². The highest BCUT2D eigenvalue weighted by Gasteiger charge is 2.32. The SMILES string of the molecule is COc1ccc(C(=O)SC(CC=C(C)C)c2cc(OC)c3c(c2OC)C(=O)C=CC3=O)cc1OC. The maximum Gasteiger partial charge on any atom is 0.220 e. The lowest BCUT2D eigenvalue weighted by atomic mass is 9.89. The van der Waals surface area contributed by atoms with E-state index in [1.807, 2.05) is 19.9 Å². The van der Waals surface area contributed by atoms with Crippen LogP contribution in [-0.4, -0.2) is 45.1 Å². The molecule has 35 heavy (non-hydrogen) atoms. The number of thioether (sulfide) groups is 1. The van der Waals surface area contributed by atoms with E-state index in [2.05, 4.69) is 0 Å². The van der Waals surface area contributed by atoms with Gasteiger partial charge in [0, 0.05) is 16.4 Å². The van der Waals surface area contributed by atoms with Gasteiger partial charge in [-0.3, -0.25) is 14.4 Å². The molecule has 184 valence electrons. The number of rotatable bonds is 9. The molecule has 3 rings (SSSR count). The van der Waals surface area contributed by atoms with Crippen molar-refractivity contribution in [3.05, 3.63) is 70.3 Å². The lowest BCUT2D eigenvalue weighted by molar-refractivity contribution is 0.0988. The number of fused-ring (bicyclic) bond motifs is 1. The third-order valence-electron chi connectivity index (χ3n) is 5.53. The molecule has 1 aliphatic carbocycles. The number of carbonyl (C=O) groups is 3. The van der Waals surface area contributed by atoms with Gasteiger partial charge in [0.1, 0.15) is 11.5 Å². The molecule has 2 aromatic rings. The largest absolute Gasteiger partial charge is 0.496 e. The summed E-state index contributed by atoms with van der Waals surface area (Å²) < 4.78 is 21.8. The summed E-state index contributed by atoms with van der Waals surface area (Å²) in [5.41, 5.74) is 2.42. The molecule has 8 heteroatoms. The molecule has 0 aliphatic heterocycles. The van der Waals surface area contributed by atoms with Gasteiger partial charge in [0.25, 0.3) is 0 Å². The van der Waals surface area contributed by atoms with Gasteiger partial charge in [0.05, 0.1) is 39.6 Å². The third-order valence-corrected chi connectivity index (χ3v) is 6.71. The van der Waals surface area contributed by atoms with Crippen molar-refractivity contribution in [2.75, 3.05) is 28.4 Å². The van der Waals surface area contributed by atoms with Crippen molar-refractivity contribution < 1.29 is 33.3 Å². The van der Waals surface area contributed by atoms with Gasteiger partial charge in [-0.1, -0.05) is 23.4 Å². The topological polar surface area (TPSA) is 88.1 Å². The van der Waals surface area contributed by atoms with E-state index >= 15 is 0 Å². The molecule has 0 spiro atoms. The Hall–Kier alpha value is -3.52. The van der Waals surface area contributed by atoms with Crippen molar-refractivity contribution in [2.24, 2.45) is 0 Å². The maximum absolute atomic E-state index is 13.3. The number of benzene rings is 2. The lowest BCUT2D eigenvalue weighted by Crippen LogP contribution is -2.17. The van der Waals surface area contributed by atoms with Crippen LogP contribution in [0.15, 0.2) is 48.1 Å². The molecule has 1 aliphatic rings. The van der Waals surface area contributed by atoms with Crippen molar-refractivity contribution in [3.8, 4) is 23.0 Å². The Morgan fingerprint density at radius 3 is 2.06 bits per heavy atom. The third kappa shape index (κ3) is 5.43. The minimum Gasteiger partial charge on any atom is -0.496 e. The fraction of sp³-hybridized carbons (Fsp3) is 0.296. The summed E-state index contributed by atoms with van der Waals surface area (Å²) in [6, 6.07) is 6.66. The summed E-state index contributed by atoms with van der Waals surface area (Å²) >= 11 is 1.10. The summed E-state index contributed by atoms with van der Waals surface area (Å²) in [7, 11) is 5.92. The molecule has 7 nitrogen and oxygen atoms in total. The fourth-order valence-electron chi connectivity index (χ4n) is 3.82. The highest BCUT2D eigenvalue weighted by molar-refractivity contribution is 8.14. The Kier molecular flexibility index (Phi) is 8.40. The summed E-state index contributed by atoms with van der Waals surface area (Å²) in [6.07, 6.45) is 4.95. The van der Waals surface area contributed by atoms with Gasteiger partial charge in [0.2, 0.25) is 5.12 Å². The van der Waals surface area contributed by atoms with Crippen LogP contribution in [0.2, 0.25) is 0 Å². The molecule has 0 saturated carbocycles. The first-order valence-electron chi connectivity index (χ1n) is 10.9. The molecule has 0 bridgehead atoms. The van der Waals surface area contributed by atoms with Crippen LogP contribution >= 0.6 is 11.8 Å². The van der Waals surface area contributed by atoms with Crippen LogP contribution < -0.4 is 18.9 Å². The summed E-state index contributed by atoms with van der Waals surface area (Å²) in [6.45, 7) is 3.94. The smallest absolute Gasteiger partial charge is 0.220 e. The summed E-state index contributed by atoms with van der Waals surface area (Å²) in [5, 5.41) is -0.618. The van der Waals surface area contributed by atoms with Gasteiger partial charge in [0.15, 0.2) is 23.1 Å². The molecule has 1 atom stereocenters. The van der Waals surface area contributed by atoms with Crippen molar-refractivity contribution in [2.45, 2.75) is 25.5 Å². The average molecular weight is 497 g/mol. The first-order chi connectivity index (χ1) is 16.7. The Balaban J connectivity index is 2.12. The van der Waals surface area contributed by atoms with Gasteiger partial charge in [-0.15, -0.1) is 0 Å². The predicted molar refractivity (Wildman–Crippen MR) is 136 cm³/mol. The summed E-state index contributed by atoms with van der Waals surface area (Å²) in [5.74, 6) is 0.810.